The highest BCUT2D eigenvalue weighted by Crippen LogP contribution is 2.51. The third-order valence-corrected chi connectivity index (χ3v) is 9.86. The van der Waals surface area contributed by atoms with Gasteiger partial charge in [0.1, 0.15) is 11.3 Å². The Bertz CT molecular complexity index is 2280. The van der Waals surface area contributed by atoms with E-state index in [1.807, 2.05) is 18.7 Å². The number of benzene rings is 3. The molecule has 0 aromatic heterocycles. The minimum absolute atomic E-state index is 0.000577. The molecule has 3 aliphatic heterocycles. The molecule has 45 heavy (non-hydrogen) atoms. The first kappa shape index (κ1) is 30.5. The molecule has 6 N–H and O–H groups in total. The largest absolute Gasteiger partial charge is 0.478 e. The fourth-order valence-electron chi connectivity index (χ4n) is 6.55. The topological polar surface area (TPSA) is 225 Å². The van der Waals surface area contributed by atoms with Crippen molar-refractivity contribution in [2.45, 2.75) is 37.1 Å². The van der Waals surface area contributed by atoms with Crippen molar-refractivity contribution in [1.82, 2.24) is 0 Å². The maximum absolute atomic E-state index is 12.6. The predicted octanol–water partition coefficient (Wildman–Crippen LogP) is 2.32. The zero-order chi connectivity index (χ0) is 32.8. The first-order valence-electron chi connectivity index (χ1n) is 13.6. The lowest BCUT2D eigenvalue weighted by Gasteiger charge is -2.47. The fourth-order valence-corrected chi connectivity index (χ4v) is 7.93. The van der Waals surface area contributed by atoms with Crippen molar-refractivity contribution in [3.63, 3.8) is 0 Å². The Hall–Kier alpha value is -4.57. The van der Waals surface area contributed by atoms with Gasteiger partial charge in [-0.25, -0.2) is 9.59 Å². The molecule has 2 aromatic rings. The molecule has 1 aliphatic carbocycles. The molecular formula is C30H27N2O11S2+. The van der Waals surface area contributed by atoms with E-state index in [-0.39, 0.29) is 44.3 Å². The maximum Gasteiger partial charge on any atom is 0.336 e. The summed E-state index contributed by atoms with van der Waals surface area (Å²) in [6.45, 7) is 4.34. The summed E-state index contributed by atoms with van der Waals surface area (Å²) in [6.07, 6.45) is 2.76. The molecule has 13 nitrogen and oxygen atoms in total. The van der Waals surface area contributed by atoms with Gasteiger partial charge in [0.05, 0.1) is 22.4 Å². The number of rotatable bonds is 6. The van der Waals surface area contributed by atoms with Crippen molar-refractivity contribution in [1.29, 1.82) is 0 Å². The molecule has 0 amide bonds. The number of carboxylic acid groups (broad SMARTS) is 2. The molecule has 0 unspecified atom stereocenters. The summed E-state index contributed by atoms with van der Waals surface area (Å²) in [6, 6.07) is 7.64. The summed E-state index contributed by atoms with van der Waals surface area (Å²) in [5, 5.41) is 25.7. The molecule has 0 fully saturated rings. The van der Waals surface area contributed by atoms with Crippen molar-refractivity contribution < 1.29 is 55.6 Å². The van der Waals surface area contributed by atoms with Crippen LogP contribution in [0.4, 0.5) is 5.69 Å². The minimum Gasteiger partial charge on any atom is -0.478 e. The van der Waals surface area contributed by atoms with Gasteiger partial charge in [-0.3, -0.25) is 14.5 Å². The minimum atomic E-state index is -4.98. The second-order valence-electron chi connectivity index (χ2n) is 11.6. The summed E-state index contributed by atoms with van der Waals surface area (Å²) in [4.78, 5) is 25.6. The van der Waals surface area contributed by atoms with Crippen LogP contribution in [0.3, 0.4) is 0 Å². The molecule has 2 aromatic carbocycles. The van der Waals surface area contributed by atoms with Crippen molar-refractivity contribution in [2.75, 3.05) is 17.2 Å². The van der Waals surface area contributed by atoms with Gasteiger partial charge in [0.2, 0.25) is 10.3 Å². The summed E-state index contributed by atoms with van der Waals surface area (Å²) in [5.41, 5.74) is 0.759. The SMILES string of the molecule is CC1(C)C=C(CS(=O)(=O)O)c2cc3c(-c4ccc(C(=O)O)cc4C(=O)O)c4ccc(=[NH2+])c(S(=O)(=O)O)c-4oc3c3c2N1CCC3. The van der Waals surface area contributed by atoms with E-state index in [1.54, 1.807) is 12.1 Å². The van der Waals surface area contributed by atoms with E-state index in [0.717, 1.165) is 6.07 Å². The number of nitrogens with zero attached hydrogens (tertiary/aromatic N) is 1. The highest BCUT2D eigenvalue weighted by atomic mass is 32.2. The average molecular weight is 656 g/mol. The number of nitrogens with two attached hydrogens (primary N) is 1. The van der Waals surface area contributed by atoms with Crippen LogP contribution in [0.5, 0.6) is 0 Å². The Morgan fingerprint density at radius 1 is 0.978 bits per heavy atom. The van der Waals surface area contributed by atoms with Crippen LogP contribution in [0.25, 0.3) is 39.0 Å². The van der Waals surface area contributed by atoms with Gasteiger partial charge in [-0.05, 0) is 62.1 Å². The molecule has 6 rings (SSSR count). The molecule has 3 heterocycles. The normalized spacial score (nSPS) is 16.0. The zero-order valence-corrected chi connectivity index (χ0v) is 25.5. The predicted molar refractivity (Wildman–Crippen MR) is 161 cm³/mol. The Kier molecular flexibility index (Phi) is 6.75. The van der Waals surface area contributed by atoms with E-state index in [4.69, 9.17) is 9.83 Å². The maximum atomic E-state index is 12.6. The highest BCUT2D eigenvalue weighted by molar-refractivity contribution is 7.86. The second kappa shape index (κ2) is 9.97. The first-order valence-corrected chi connectivity index (χ1v) is 16.7. The number of carboxylic acids is 2. The number of fused-ring (bicyclic) bond motifs is 3. The lowest BCUT2D eigenvalue weighted by Crippen LogP contribution is -2.48. The standard InChI is InChI=1S/C30H26N2O11S2/c1-30(2)12-15(13-44(37,38)39)19-11-21-23(16-6-5-14(28(33)34)10-20(16)29(35)36)17-7-8-22(31)27(45(40,41)42)26(17)43-25(21)18-4-3-9-32(30)24(18)19/h5-8,10-12,31H,3-4,9,13H2,1-2H3,(H,33,34)(H,35,36)(H,37,38,39)(H,40,41,42)/p+1. The molecule has 4 aliphatic rings. The van der Waals surface area contributed by atoms with Gasteiger partial charge in [0, 0.05) is 40.3 Å². The van der Waals surface area contributed by atoms with Crippen molar-refractivity contribution in [3.8, 4) is 22.5 Å². The van der Waals surface area contributed by atoms with E-state index < -0.39 is 53.9 Å². The van der Waals surface area contributed by atoms with Crippen LogP contribution in [0.1, 0.15) is 52.1 Å². The Morgan fingerprint density at radius 3 is 2.29 bits per heavy atom. The van der Waals surface area contributed by atoms with E-state index >= 15 is 0 Å². The zero-order valence-electron chi connectivity index (χ0n) is 23.9. The number of hydrogen-bond acceptors (Lipinski definition) is 8. The molecule has 0 atom stereocenters. The van der Waals surface area contributed by atoms with E-state index in [2.05, 4.69) is 0 Å². The molecule has 15 heteroatoms. The van der Waals surface area contributed by atoms with Crippen molar-refractivity contribution in [3.05, 3.63) is 70.1 Å². The lowest BCUT2D eigenvalue weighted by molar-refractivity contribution is -0.176. The van der Waals surface area contributed by atoms with Gasteiger partial charge in [-0.2, -0.15) is 16.8 Å². The molecule has 0 saturated heterocycles. The molecule has 0 spiro atoms. The molecule has 0 bridgehead atoms. The van der Waals surface area contributed by atoms with Crippen LogP contribution in [-0.2, 0) is 26.7 Å². The van der Waals surface area contributed by atoms with Crippen LogP contribution in [0.2, 0.25) is 0 Å². The van der Waals surface area contributed by atoms with Crippen LogP contribution >= 0.6 is 0 Å². The number of carbonyl (C=O) groups is 2. The first-order chi connectivity index (χ1) is 20.9. The number of hydrogen-bond donors (Lipinski definition) is 5. The van der Waals surface area contributed by atoms with E-state index in [0.29, 0.717) is 41.8 Å². The molecular weight excluding hydrogens is 628 g/mol. The summed E-state index contributed by atoms with van der Waals surface area (Å²) in [5.74, 6) is -3.90. The smallest absolute Gasteiger partial charge is 0.336 e. The van der Waals surface area contributed by atoms with E-state index in [1.165, 1.54) is 24.3 Å². The molecule has 0 saturated carbocycles. The Morgan fingerprint density at radius 2 is 1.67 bits per heavy atom. The Labute approximate surface area is 256 Å². The van der Waals surface area contributed by atoms with Crippen molar-refractivity contribution >= 4 is 54.4 Å². The summed E-state index contributed by atoms with van der Waals surface area (Å²) in [7, 11) is -9.48. The van der Waals surface area contributed by atoms with Crippen LogP contribution in [0, 0.1) is 0 Å². The van der Waals surface area contributed by atoms with Crippen LogP contribution < -0.4 is 15.7 Å². The molecule has 0 radical (unpaired) electrons. The van der Waals surface area contributed by atoms with Crippen molar-refractivity contribution in [2.24, 2.45) is 0 Å². The van der Waals surface area contributed by atoms with Gasteiger partial charge >= 0.3 is 22.1 Å². The fraction of sp³-hybridized carbons (Fsp3) is 0.233. The number of anilines is 1. The van der Waals surface area contributed by atoms with Gasteiger partial charge in [0.25, 0.3) is 10.1 Å². The lowest BCUT2D eigenvalue weighted by atomic mass is 9.81. The summed E-state index contributed by atoms with van der Waals surface area (Å²) >= 11 is 0. The monoisotopic (exact) mass is 655 g/mol. The van der Waals surface area contributed by atoms with Crippen LogP contribution in [0.15, 0.2) is 51.8 Å². The van der Waals surface area contributed by atoms with Gasteiger partial charge < -0.3 is 19.5 Å². The Balaban J connectivity index is 1.87. The van der Waals surface area contributed by atoms with E-state index in [9.17, 15) is 45.7 Å². The summed E-state index contributed by atoms with van der Waals surface area (Å²) < 4.78 is 75.9. The van der Waals surface area contributed by atoms with Gasteiger partial charge in [-0.1, -0.05) is 12.1 Å². The second-order valence-corrected chi connectivity index (χ2v) is 14.4. The quantitative estimate of drug-likeness (QED) is 0.149. The van der Waals surface area contributed by atoms with Gasteiger partial charge in [-0.15, -0.1) is 0 Å². The third kappa shape index (κ3) is 4.97. The van der Waals surface area contributed by atoms with Crippen LogP contribution in [-0.4, -0.2) is 65.9 Å². The number of aromatic carboxylic acids is 2. The van der Waals surface area contributed by atoms with Gasteiger partial charge in [0.15, 0.2) is 5.76 Å². The molecule has 234 valence electrons. The highest BCUT2D eigenvalue weighted by Gasteiger charge is 2.40. The number of aryl methyl sites for hydroxylation is 1. The third-order valence-electron chi connectivity index (χ3n) is 8.24. The average Bonchev–Trinajstić information content (AvgIpc) is 2.92.